The van der Waals surface area contributed by atoms with Crippen molar-refractivity contribution < 1.29 is 4.79 Å². The topological polar surface area (TPSA) is 45.2 Å². The Morgan fingerprint density at radius 2 is 2.04 bits per heavy atom. The summed E-state index contributed by atoms with van der Waals surface area (Å²) < 4.78 is 0. The zero-order chi connectivity index (χ0) is 18.9. The molecule has 0 aliphatic carbocycles. The van der Waals surface area contributed by atoms with Crippen LogP contribution in [0.3, 0.4) is 0 Å². The first-order chi connectivity index (χ1) is 12.3. The van der Waals surface area contributed by atoms with Gasteiger partial charge in [0.2, 0.25) is 0 Å². The highest BCUT2D eigenvalue weighted by Crippen LogP contribution is 2.27. The molecule has 2 heterocycles. The van der Waals surface area contributed by atoms with Crippen LogP contribution < -0.4 is 10.2 Å². The molecule has 140 valence electrons. The van der Waals surface area contributed by atoms with Crippen LogP contribution in [0, 0.1) is 11.3 Å². The van der Waals surface area contributed by atoms with Gasteiger partial charge in [0.25, 0.3) is 5.91 Å². The Hall–Kier alpha value is -2.10. The van der Waals surface area contributed by atoms with Crippen LogP contribution in [0.15, 0.2) is 30.3 Å². The van der Waals surface area contributed by atoms with Crippen LogP contribution in [0.2, 0.25) is 0 Å². The van der Waals surface area contributed by atoms with Gasteiger partial charge in [-0.1, -0.05) is 45.9 Å². The van der Waals surface area contributed by atoms with Crippen molar-refractivity contribution in [2.45, 2.75) is 53.5 Å². The summed E-state index contributed by atoms with van der Waals surface area (Å²) in [6.07, 6.45) is 2.44. The highest BCUT2D eigenvalue weighted by molar-refractivity contribution is 6.07. The van der Waals surface area contributed by atoms with Gasteiger partial charge < -0.3 is 10.2 Å². The van der Waals surface area contributed by atoms with E-state index < -0.39 is 0 Å². The first-order valence-electron chi connectivity index (χ1n) is 9.71. The summed E-state index contributed by atoms with van der Waals surface area (Å²) in [5.74, 6) is 1.57. The fourth-order valence-corrected chi connectivity index (χ4v) is 3.40. The zero-order valence-corrected chi connectivity index (χ0v) is 16.7. The van der Waals surface area contributed by atoms with E-state index in [0.29, 0.717) is 5.92 Å². The van der Waals surface area contributed by atoms with Gasteiger partial charge >= 0.3 is 0 Å². The summed E-state index contributed by atoms with van der Waals surface area (Å²) in [6, 6.07) is 10.00. The van der Waals surface area contributed by atoms with Crippen molar-refractivity contribution in [1.29, 1.82) is 0 Å². The minimum atomic E-state index is -0.0164. The number of nitrogens with zero attached hydrogens (tertiary/aromatic N) is 2. The van der Waals surface area contributed by atoms with Crippen molar-refractivity contribution in [3.05, 3.63) is 35.9 Å². The number of hydrogen-bond donors (Lipinski definition) is 1. The van der Waals surface area contributed by atoms with E-state index in [0.717, 1.165) is 35.4 Å². The Morgan fingerprint density at radius 1 is 1.31 bits per heavy atom. The van der Waals surface area contributed by atoms with Crippen LogP contribution in [-0.4, -0.2) is 30.0 Å². The zero-order valence-electron chi connectivity index (χ0n) is 16.7. The molecule has 1 N–H and O–H groups in total. The normalized spacial score (nSPS) is 19.4. The molecule has 4 nitrogen and oxygen atoms in total. The second-order valence-electron chi connectivity index (χ2n) is 8.80. The molecule has 2 aromatic rings. The third kappa shape index (κ3) is 4.00. The lowest BCUT2D eigenvalue weighted by molar-refractivity contribution is 0.0912. The number of fused-ring (bicyclic) bond motifs is 1. The van der Waals surface area contributed by atoms with Crippen LogP contribution in [0.25, 0.3) is 10.9 Å². The van der Waals surface area contributed by atoms with Crippen molar-refractivity contribution >= 4 is 22.6 Å². The fraction of sp³-hybridized carbons (Fsp3) is 0.545. The summed E-state index contributed by atoms with van der Waals surface area (Å²) in [6.45, 7) is 12.8. The van der Waals surface area contributed by atoms with Gasteiger partial charge in [-0.25, -0.2) is 4.98 Å². The monoisotopic (exact) mass is 353 g/mol. The smallest absolute Gasteiger partial charge is 0.252 e. The van der Waals surface area contributed by atoms with Gasteiger partial charge in [-0.15, -0.1) is 0 Å². The minimum absolute atomic E-state index is 0.0164. The maximum atomic E-state index is 13.1. The van der Waals surface area contributed by atoms with E-state index >= 15 is 0 Å². The van der Waals surface area contributed by atoms with Crippen LogP contribution in [0.5, 0.6) is 0 Å². The second kappa shape index (κ2) is 7.26. The van der Waals surface area contributed by atoms with E-state index in [1.165, 1.54) is 12.8 Å². The number of aromatic nitrogens is 1. The number of carbonyl (C=O) groups excluding carboxylic acids is 1. The van der Waals surface area contributed by atoms with E-state index in [9.17, 15) is 4.79 Å². The van der Waals surface area contributed by atoms with Crippen molar-refractivity contribution in [3.63, 3.8) is 0 Å². The van der Waals surface area contributed by atoms with Crippen molar-refractivity contribution in [1.82, 2.24) is 10.3 Å². The van der Waals surface area contributed by atoms with E-state index in [1.54, 1.807) is 0 Å². The lowest BCUT2D eigenvalue weighted by Crippen LogP contribution is -2.41. The molecule has 0 spiro atoms. The average molecular weight is 354 g/mol. The summed E-state index contributed by atoms with van der Waals surface area (Å²) in [5, 5.41) is 4.10. The fourth-order valence-electron chi connectivity index (χ4n) is 3.40. The number of anilines is 1. The Morgan fingerprint density at radius 3 is 2.73 bits per heavy atom. The molecule has 2 atom stereocenters. The predicted octanol–water partition coefficient (Wildman–Crippen LogP) is 4.64. The maximum absolute atomic E-state index is 13.1. The molecule has 0 radical (unpaired) electrons. The molecule has 1 saturated heterocycles. The highest BCUT2D eigenvalue weighted by atomic mass is 16.1. The predicted molar refractivity (Wildman–Crippen MR) is 109 cm³/mol. The summed E-state index contributed by atoms with van der Waals surface area (Å²) in [4.78, 5) is 20.2. The van der Waals surface area contributed by atoms with Crippen LogP contribution in [0.4, 0.5) is 5.82 Å². The molecule has 3 rings (SSSR count). The van der Waals surface area contributed by atoms with E-state index in [1.807, 2.05) is 30.3 Å². The molecule has 1 fully saturated rings. The first kappa shape index (κ1) is 18.7. The molecular formula is C22H31N3O. The standard InChI is InChI=1S/C22H31N3O/c1-15-9-8-12-25(14-15)20-13-18(17-10-6-7-11-19(17)24-20)21(26)23-16(2)22(3,4)5/h6-7,10-11,13,15-16H,8-9,12,14H2,1-5H3,(H,23,26)/t15-,16-/m1/s1. The van der Waals surface area contributed by atoms with E-state index in [-0.39, 0.29) is 17.4 Å². The third-order valence-electron chi connectivity index (χ3n) is 5.57. The first-order valence-corrected chi connectivity index (χ1v) is 9.71. The van der Waals surface area contributed by atoms with Gasteiger partial charge in [0.1, 0.15) is 5.82 Å². The van der Waals surface area contributed by atoms with Crippen molar-refractivity contribution in [2.75, 3.05) is 18.0 Å². The number of piperidine rings is 1. The molecule has 1 aliphatic rings. The van der Waals surface area contributed by atoms with Crippen LogP contribution in [0.1, 0.15) is 57.8 Å². The maximum Gasteiger partial charge on any atom is 0.252 e. The number of para-hydroxylation sites is 1. The molecule has 1 aliphatic heterocycles. The van der Waals surface area contributed by atoms with Gasteiger partial charge in [-0.05, 0) is 43.2 Å². The minimum Gasteiger partial charge on any atom is -0.356 e. The number of amides is 1. The Bertz CT molecular complexity index is 794. The van der Waals surface area contributed by atoms with E-state index in [2.05, 4.69) is 44.8 Å². The van der Waals surface area contributed by atoms with Gasteiger partial charge in [-0.3, -0.25) is 4.79 Å². The van der Waals surface area contributed by atoms with Gasteiger partial charge in [-0.2, -0.15) is 0 Å². The average Bonchev–Trinajstić information content (AvgIpc) is 2.59. The number of rotatable bonds is 3. The lowest BCUT2D eigenvalue weighted by Gasteiger charge is -2.32. The number of carbonyl (C=O) groups is 1. The van der Waals surface area contributed by atoms with Gasteiger partial charge in [0.15, 0.2) is 0 Å². The van der Waals surface area contributed by atoms with Crippen molar-refractivity contribution in [3.8, 4) is 0 Å². The lowest BCUT2D eigenvalue weighted by atomic mass is 9.88. The molecule has 0 unspecified atom stereocenters. The second-order valence-corrected chi connectivity index (χ2v) is 8.80. The number of nitrogens with one attached hydrogen (secondary N) is 1. The third-order valence-corrected chi connectivity index (χ3v) is 5.57. The molecule has 26 heavy (non-hydrogen) atoms. The highest BCUT2D eigenvalue weighted by Gasteiger charge is 2.24. The number of pyridine rings is 1. The molecule has 0 bridgehead atoms. The van der Waals surface area contributed by atoms with Crippen molar-refractivity contribution in [2.24, 2.45) is 11.3 Å². The Kier molecular flexibility index (Phi) is 5.22. The molecule has 1 aromatic heterocycles. The van der Waals surface area contributed by atoms with Crippen LogP contribution >= 0.6 is 0 Å². The summed E-state index contributed by atoms with van der Waals surface area (Å²) in [7, 11) is 0. The summed E-state index contributed by atoms with van der Waals surface area (Å²) >= 11 is 0. The Balaban J connectivity index is 1.99. The summed E-state index contributed by atoms with van der Waals surface area (Å²) in [5.41, 5.74) is 1.63. The molecular weight excluding hydrogens is 322 g/mol. The van der Waals surface area contributed by atoms with Crippen LogP contribution in [-0.2, 0) is 0 Å². The Labute approximate surface area is 157 Å². The SMILES string of the molecule is C[C@@H]1CCCN(c2cc(C(=O)N[C@H](C)C(C)(C)C)c3ccccc3n2)C1. The molecule has 1 amide bonds. The quantitative estimate of drug-likeness (QED) is 0.874. The van der Waals surface area contributed by atoms with E-state index in [4.69, 9.17) is 4.98 Å². The molecule has 0 saturated carbocycles. The van der Waals surface area contributed by atoms with Gasteiger partial charge in [0, 0.05) is 24.5 Å². The largest absolute Gasteiger partial charge is 0.356 e. The van der Waals surface area contributed by atoms with Gasteiger partial charge in [0.05, 0.1) is 11.1 Å². The number of hydrogen-bond acceptors (Lipinski definition) is 3. The number of benzene rings is 1. The molecule has 4 heteroatoms. The molecule has 1 aromatic carbocycles.